The molecule has 1 aliphatic carbocycles. The van der Waals surface area contributed by atoms with Gasteiger partial charge in [-0.25, -0.2) is 0 Å². The second-order valence-electron chi connectivity index (χ2n) is 5.36. The maximum atomic E-state index is 6.30. The SMILES string of the molecule is CCNC1CC(c2cccc(Cl)c2Cl)C1(C)C. The van der Waals surface area contributed by atoms with Crippen LogP contribution in [-0.2, 0) is 0 Å². The van der Waals surface area contributed by atoms with Gasteiger partial charge in [0.25, 0.3) is 0 Å². The normalized spacial score (nSPS) is 26.6. The highest BCUT2D eigenvalue weighted by molar-refractivity contribution is 6.42. The fourth-order valence-corrected chi connectivity index (χ4v) is 3.28. The molecule has 17 heavy (non-hydrogen) atoms. The molecule has 2 unspecified atom stereocenters. The standard InChI is InChI=1S/C14H19Cl2N/c1-4-17-12-8-10(14(12,2)3)9-6-5-7-11(15)13(9)16/h5-7,10,12,17H,4,8H2,1-3H3. The number of hydrogen-bond donors (Lipinski definition) is 1. The molecule has 1 N–H and O–H groups in total. The van der Waals surface area contributed by atoms with Gasteiger partial charge in [0.1, 0.15) is 0 Å². The Morgan fingerprint density at radius 2 is 2.06 bits per heavy atom. The summed E-state index contributed by atoms with van der Waals surface area (Å²) in [5, 5.41) is 4.91. The summed E-state index contributed by atoms with van der Waals surface area (Å²) in [6, 6.07) is 6.51. The largest absolute Gasteiger partial charge is 0.314 e. The third-order valence-electron chi connectivity index (χ3n) is 4.08. The van der Waals surface area contributed by atoms with Crippen molar-refractivity contribution in [3.63, 3.8) is 0 Å². The molecule has 2 atom stereocenters. The number of hydrogen-bond acceptors (Lipinski definition) is 1. The minimum Gasteiger partial charge on any atom is -0.314 e. The maximum Gasteiger partial charge on any atom is 0.0627 e. The summed E-state index contributed by atoms with van der Waals surface area (Å²) in [5.74, 6) is 0.498. The highest BCUT2D eigenvalue weighted by atomic mass is 35.5. The van der Waals surface area contributed by atoms with E-state index in [2.05, 4.69) is 32.2 Å². The molecule has 3 heteroatoms. The molecular weight excluding hydrogens is 253 g/mol. The minimum atomic E-state index is 0.240. The van der Waals surface area contributed by atoms with Crippen LogP contribution >= 0.6 is 23.2 Å². The topological polar surface area (TPSA) is 12.0 Å². The Labute approximate surface area is 114 Å². The molecule has 0 spiro atoms. The van der Waals surface area contributed by atoms with Crippen LogP contribution in [0.4, 0.5) is 0 Å². The molecule has 0 radical (unpaired) electrons. The second-order valence-corrected chi connectivity index (χ2v) is 6.15. The summed E-state index contributed by atoms with van der Waals surface area (Å²) >= 11 is 12.4. The van der Waals surface area contributed by atoms with E-state index in [1.165, 1.54) is 5.56 Å². The van der Waals surface area contributed by atoms with E-state index in [-0.39, 0.29) is 5.41 Å². The zero-order valence-corrected chi connectivity index (χ0v) is 12.1. The lowest BCUT2D eigenvalue weighted by Gasteiger charge is -2.53. The molecule has 0 amide bonds. The van der Waals surface area contributed by atoms with Crippen molar-refractivity contribution in [3.8, 4) is 0 Å². The predicted molar refractivity (Wildman–Crippen MR) is 75.1 cm³/mol. The molecule has 1 aromatic rings. The predicted octanol–water partition coefficient (Wildman–Crippen LogP) is 4.49. The second kappa shape index (κ2) is 4.79. The molecule has 0 saturated heterocycles. The van der Waals surface area contributed by atoms with Gasteiger partial charge < -0.3 is 5.32 Å². The molecule has 0 bridgehead atoms. The first-order chi connectivity index (χ1) is 7.98. The van der Waals surface area contributed by atoms with Crippen LogP contribution in [-0.4, -0.2) is 12.6 Å². The van der Waals surface area contributed by atoms with Gasteiger partial charge in [-0.15, -0.1) is 0 Å². The Bertz CT molecular complexity index is 415. The Kier molecular flexibility index (Phi) is 3.72. The Balaban J connectivity index is 2.23. The summed E-state index contributed by atoms with van der Waals surface area (Å²) in [6.07, 6.45) is 1.14. The van der Waals surface area contributed by atoms with Crippen molar-refractivity contribution >= 4 is 23.2 Å². The number of benzene rings is 1. The van der Waals surface area contributed by atoms with Gasteiger partial charge in [0.05, 0.1) is 10.0 Å². The average Bonchev–Trinajstić information content (AvgIpc) is 2.29. The van der Waals surface area contributed by atoms with Crippen LogP contribution in [0.5, 0.6) is 0 Å². The molecule has 94 valence electrons. The summed E-state index contributed by atoms with van der Waals surface area (Å²) in [4.78, 5) is 0. The van der Waals surface area contributed by atoms with Crippen molar-refractivity contribution in [2.24, 2.45) is 5.41 Å². The molecule has 1 saturated carbocycles. The van der Waals surface area contributed by atoms with Gasteiger partial charge in [0.15, 0.2) is 0 Å². The first-order valence-corrected chi connectivity index (χ1v) is 6.91. The van der Waals surface area contributed by atoms with E-state index in [0.29, 0.717) is 17.0 Å². The van der Waals surface area contributed by atoms with Gasteiger partial charge in [-0.05, 0) is 35.9 Å². The lowest BCUT2D eigenvalue weighted by molar-refractivity contribution is 0.0707. The molecule has 0 heterocycles. The summed E-state index contributed by atoms with van der Waals surface area (Å²) in [7, 11) is 0. The van der Waals surface area contributed by atoms with E-state index in [0.717, 1.165) is 18.0 Å². The van der Waals surface area contributed by atoms with E-state index < -0.39 is 0 Å². The molecule has 0 aliphatic heterocycles. The summed E-state index contributed by atoms with van der Waals surface area (Å²) in [6.45, 7) is 7.76. The number of halogens is 2. The van der Waals surface area contributed by atoms with Crippen molar-refractivity contribution < 1.29 is 0 Å². The van der Waals surface area contributed by atoms with E-state index in [4.69, 9.17) is 23.2 Å². The average molecular weight is 272 g/mol. The van der Waals surface area contributed by atoms with E-state index in [9.17, 15) is 0 Å². The van der Waals surface area contributed by atoms with Crippen LogP contribution in [0.15, 0.2) is 18.2 Å². The van der Waals surface area contributed by atoms with Crippen molar-refractivity contribution in [1.29, 1.82) is 0 Å². The van der Waals surface area contributed by atoms with Crippen molar-refractivity contribution in [2.75, 3.05) is 6.54 Å². The maximum absolute atomic E-state index is 6.30. The van der Waals surface area contributed by atoms with E-state index in [1.807, 2.05) is 12.1 Å². The van der Waals surface area contributed by atoms with Crippen LogP contribution in [0.25, 0.3) is 0 Å². The molecular formula is C14H19Cl2N. The van der Waals surface area contributed by atoms with E-state index in [1.54, 1.807) is 0 Å². The highest BCUT2D eigenvalue weighted by Crippen LogP contribution is 2.54. The smallest absolute Gasteiger partial charge is 0.0627 e. The van der Waals surface area contributed by atoms with Gasteiger partial charge in [-0.1, -0.05) is 56.1 Å². The van der Waals surface area contributed by atoms with E-state index >= 15 is 0 Å². The lowest BCUT2D eigenvalue weighted by atomic mass is 9.56. The molecule has 0 aromatic heterocycles. The zero-order chi connectivity index (χ0) is 12.6. The lowest BCUT2D eigenvalue weighted by Crippen LogP contribution is -2.55. The Morgan fingerprint density at radius 3 is 2.65 bits per heavy atom. The molecule has 1 aromatic carbocycles. The van der Waals surface area contributed by atoms with Gasteiger partial charge in [-0.3, -0.25) is 0 Å². The van der Waals surface area contributed by atoms with Gasteiger partial charge in [0.2, 0.25) is 0 Å². The Hall–Kier alpha value is -0.240. The van der Waals surface area contributed by atoms with Crippen LogP contribution in [0.1, 0.15) is 38.7 Å². The first kappa shape index (κ1) is 13.2. The zero-order valence-electron chi connectivity index (χ0n) is 10.6. The first-order valence-electron chi connectivity index (χ1n) is 6.15. The fraction of sp³-hybridized carbons (Fsp3) is 0.571. The molecule has 2 rings (SSSR count). The van der Waals surface area contributed by atoms with Crippen LogP contribution in [0, 0.1) is 5.41 Å². The van der Waals surface area contributed by atoms with Crippen molar-refractivity contribution in [2.45, 2.75) is 39.2 Å². The minimum absolute atomic E-state index is 0.240. The van der Waals surface area contributed by atoms with Crippen molar-refractivity contribution in [3.05, 3.63) is 33.8 Å². The van der Waals surface area contributed by atoms with Gasteiger partial charge in [-0.2, -0.15) is 0 Å². The van der Waals surface area contributed by atoms with Gasteiger partial charge >= 0.3 is 0 Å². The monoisotopic (exact) mass is 271 g/mol. The molecule has 1 fully saturated rings. The quantitative estimate of drug-likeness (QED) is 0.855. The number of rotatable bonds is 3. The molecule has 1 aliphatic rings. The van der Waals surface area contributed by atoms with Gasteiger partial charge in [0, 0.05) is 6.04 Å². The van der Waals surface area contributed by atoms with Crippen molar-refractivity contribution in [1.82, 2.24) is 5.32 Å². The Morgan fingerprint density at radius 1 is 1.35 bits per heavy atom. The highest BCUT2D eigenvalue weighted by Gasteiger charge is 2.48. The summed E-state index contributed by atoms with van der Waals surface area (Å²) in [5.41, 5.74) is 1.43. The van der Waals surface area contributed by atoms with Crippen LogP contribution in [0.3, 0.4) is 0 Å². The third-order valence-corrected chi connectivity index (χ3v) is 4.91. The van der Waals surface area contributed by atoms with Crippen LogP contribution < -0.4 is 5.32 Å². The number of nitrogens with one attached hydrogen (secondary N) is 1. The van der Waals surface area contributed by atoms with Crippen LogP contribution in [0.2, 0.25) is 10.0 Å². The third kappa shape index (κ3) is 2.21. The summed E-state index contributed by atoms with van der Waals surface area (Å²) < 4.78 is 0. The molecule has 1 nitrogen and oxygen atoms in total. The fourth-order valence-electron chi connectivity index (χ4n) is 2.84.